The van der Waals surface area contributed by atoms with Crippen LogP contribution in [0.15, 0.2) is 18.2 Å². The minimum Gasteiger partial charge on any atom is -0.328 e. The van der Waals surface area contributed by atoms with Crippen LogP contribution in [0.25, 0.3) is 10.2 Å². The van der Waals surface area contributed by atoms with Crippen molar-refractivity contribution in [1.29, 1.82) is 0 Å². The fraction of sp³-hybridized carbons (Fsp3) is 0.533. The first-order valence-electron chi connectivity index (χ1n) is 6.69. The number of hydrogen-bond acceptors (Lipinski definition) is 3. The lowest BCUT2D eigenvalue weighted by molar-refractivity contribution is 0.556. The molecule has 0 amide bonds. The van der Waals surface area contributed by atoms with Crippen molar-refractivity contribution in [2.45, 2.75) is 52.0 Å². The van der Waals surface area contributed by atoms with Crippen molar-refractivity contribution in [2.24, 2.45) is 5.73 Å². The van der Waals surface area contributed by atoms with Gasteiger partial charge in [0.1, 0.15) is 0 Å². The molecule has 2 unspecified atom stereocenters. The molecule has 0 fully saturated rings. The SMILES string of the molecule is Cc1cccc2sc(C(C)CCCC(C)N)nc12. The number of benzene rings is 1. The van der Waals surface area contributed by atoms with E-state index in [-0.39, 0.29) is 0 Å². The van der Waals surface area contributed by atoms with Crippen molar-refractivity contribution < 1.29 is 0 Å². The Balaban J connectivity index is 2.08. The maximum Gasteiger partial charge on any atom is 0.0966 e. The summed E-state index contributed by atoms with van der Waals surface area (Å²) in [7, 11) is 0. The third kappa shape index (κ3) is 3.09. The van der Waals surface area contributed by atoms with Gasteiger partial charge >= 0.3 is 0 Å². The molecule has 2 aromatic rings. The van der Waals surface area contributed by atoms with Crippen molar-refractivity contribution in [2.75, 3.05) is 0 Å². The van der Waals surface area contributed by atoms with Crippen LogP contribution in [-0.2, 0) is 0 Å². The van der Waals surface area contributed by atoms with E-state index >= 15 is 0 Å². The molecule has 2 N–H and O–H groups in total. The lowest BCUT2D eigenvalue weighted by Gasteiger charge is -2.09. The summed E-state index contributed by atoms with van der Waals surface area (Å²) in [5, 5.41) is 1.27. The van der Waals surface area contributed by atoms with Crippen LogP contribution in [0.2, 0.25) is 0 Å². The monoisotopic (exact) mass is 262 g/mol. The molecule has 0 aliphatic rings. The standard InChI is InChI=1S/C15H22N2S/c1-10-6-5-9-13-14(10)17-15(18-13)11(2)7-4-8-12(3)16/h5-6,9,11-12H,4,7-8,16H2,1-3H3. The molecular weight excluding hydrogens is 240 g/mol. The van der Waals surface area contributed by atoms with E-state index in [1.54, 1.807) is 0 Å². The maximum atomic E-state index is 5.79. The van der Waals surface area contributed by atoms with E-state index in [0.29, 0.717) is 12.0 Å². The van der Waals surface area contributed by atoms with Crippen molar-refractivity contribution in [3.8, 4) is 0 Å². The summed E-state index contributed by atoms with van der Waals surface area (Å²) in [5.41, 5.74) is 8.24. The van der Waals surface area contributed by atoms with E-state index in [9.17, 15) is 0 Å². The molecule has 2 nitrogen and oxygen atoms in total. The minimum absolute atomic E-state index is 0.315. The molecule has 1 aromatic heterocycles. The molecule has 0 aliphatic heterocycles. The first-order chi connectivity index (χ1) is 8.58. The number of rotatable bonds is 5. The fourth-order valence-corrected chi connectivity index (χ4v) is 3.31. The highest BCUT2D eigenvalue weighted by Crippen LogP contribution is 2.31. The molecule has 0 saturated heterocycles. The average molecular weight is 262 g/mol. The van der Waals surface area contributed by atoms with Crippen LogP contribution in [0.1, 0.15) is 49.6 Å². The number of nitrogens with two attached hydrogens (primary N) is 1. The molecule has 98 valence electrons. The highest BCUT2D eigenvalue weighted by molar-refractivity contribution is 7.18. The predicted octanol–water partition coefficient (Wildman–Crippen LogP) is 4.23. The minimum atomic E-state index is 0.315. The van der Waals surface area contributed by atoms with Gasteiger partial charge in [-0.15, -0.1) is 11.3 Å². The van der Waals surface area contributed by atoms with Crippen LogP contribution in [0.5, 0.6) is 0 Å². The fourth-order valence-electron chi connectivity index (χ4n) is 2.18. The third-order valence-corrected chi connectivity index (χ3v) is 4.61. The van der Waals surface area contributed by atoms with Gasteiger partial charge in [-0.1, -0.05) is 25.5 Å². The number of fused-ring (bicyclic) bond motifs is 1. The van der Waals surface area contributed by atoms with E-state index in [1.165, 1.54) is 33.6 Å². The second-order valence-electron chi connectivity index (χ2n) is 5.28. The third-order valence-electron chi connectivity index (χ3n) is 3.36. The molecule has 1 aromatic carbocycles. The molecule has 2 atom stereocenters. The molecule has 2 rings (SSSR count). The van der Waals surface area contributed by atoms with E-state index < -0.39 is 0 Å². The highest BCUT2D eigenvalue weighted by Gasteiger charge is 2.12. The lowest BCUT2D eigenvalue weighted by Crippen LogP contribution is -2.14. The van der Waals surface area contributed by atoms with Crippen molar-refractivity contribution in [1.82, 2.24) is 4.98 Å². The van der Waals surface area contributed by atoms with Crippen LogP contribution in [0, 0.1) is 6.92 Å². The van der Waals surface area contributed by atoms with E-state index in [4.69, 9.17) is 10.7 Å². The van der Waals surface area contributed by atoms with Crippen LogP contribution < -0.4 is 5.73 Å². The zero-order valence-electron chi connectivity index (χ0n) is 11.4. The Hall–Kier alpha value is -0.930. The molecular formula is C15H22N2S. The first-order valence-corrected chi connectivity index (χ1v) is 7.51. The van der Waals surface area contributed by atoms with E-state index in [2.05, 4.69) is 39.0 Å². The smallest absolute Gasteiger partial charge is 0.0966 e. The molecule has 0 saturated carbocycles. The number of thiazole rings is 1. The van der Waals surface area contributed by atoms with Gasteiger partial charge in [-0.25, -0.2) is 4.98 Å². The molecule has 0 bridgehead atoms. The molecule has 3 heteroatoms. The first kappa shape index (κ1) is 13.5. The van der Waals surface area contributed by atoms with Crippen molar-refractivity contribution in [3.05, 3.63) is 28.8 Å². The Labute approximate surface area is 113 Å². The second kappa shape index (κ2) is 5.81. The maximum absolute atomic E-state index is 5.79. The zero-order valence-corrected chi connectivity index (χ0v) is 12.3. The van der Waals surface area contributed by atoms with Gasteiger partial charge in [0.05, 0.1) is 15.2 Å². The normalized spacial score (nSPS) is 14.9. The van der Waals surface area contributed by atoms with Crippen molar-refractivity contribution in [3.63, 3.8) is 0 Å². The summed E-state index contributed by atoms with van der Waals surface area (Å²) in [6, 6.07) is 6.72. The molecule has 0 radical (unpaired) electrons. The van der Waals surface area contributed by atoms with Gasteiger partial charge in [-0.2, -0.15) is 0 Å². The molecule has 0 spiro atoms. The summed E-state index contributed by atoms with van der Waals surface area (Å²) in [4.78, 5) is 4.80. The number of nitrogens with zero attached hydrogens (tertiary/aromatic N) is 1. The second-order valence-corrected chi connectivity index (χ2v) is 6.35. The summed E-state index contributed by atoms with van der Waals surface area (Å²) < 4.78 is 1.31. The summed E-state index contributed by atoms with van der Waals surface area (Å²) in [6.07, 6.45) is 3.47. The Kier molecular flexibility index (Phi) is 4.36. The van der Waals surface area contributed by atoms with Crippen LogP contribution in [0.4, 0.5) is 0 Å². The predicted molar refractivity (Wildman–Crippen MR) is 80.3 cm³/mol. The summed E-state index contributed by atoms with van der Waals surface area (Å²) in [6.45, 7) is 6.48. The Morgan fingerprint density at radius 2 is 2.06 bits per heavy atom. The Morgan fingerprint density at radius 3 is 2.72 bits per heavy atom. The number of para-hydroxylation sites is 1. The number of hydrogen-bond donors (Lipinski definition) is 1. The number of aromatic nitrogens is 1. The van der Waals surface area contributed by atoms with Gasteiger partial charge < -0.3 is 5.73 Å². The van der Waals surface area contributed by atoms with E-state index in [1.807, 2.05) is 11.3 Å². The van der Waals surface area contributed by atoms with Crippen LogP contribution in [-0.4, -0.2) is 11.0 Å². The topological polar surface area (TPSA) is 38.9 Å². The van der Waals surface area contributed by atoms with Gasteiger partial charge in [-0.05, 0) is 38.3 Å². The van der Waals surface area contributed by atoms with Crippen molar-refractivity contribution >= 4 is 21.6 Å². The molecule has 0 aliphatic carbocycles. The lowest BCUT2D eigenvalue weighted by atomic mass is 10.0. The van der Waals surface area contributed by atoms with Gasteiger partial charge in [0, 0.05) is 12.0 Å². The largest absolute Gasteiger partial charge is 0.328 e. The summed E-state index contributed by atoms with van der Waals surface area (Å²) in [5.74, 6) is 0.542. The van der Waals surface area contributed by atoms with Gasteiger partial charge in [0.2, 0.25) is 0 Å². The quantitative estimate of drug-likeness (QED) is 0.876. The Morgan fingerprint density at radius 1 is 1.28 bits per heavy atom. The van der Waals surface area contributed by atoms with Crippen LogP contribution in [0.3, 0.4) is 0 Å². The van der Waals surface area contributed by atoms with Gasteiger partial charge in [0.25, 0.3) is 0 Å². The molecule has 1 heterocycles. The zero-order chi connectivity index (χ0) is 13.1. The van der Waals surface area contributed by atoms with Crippen LogP contribution >= 0.6 is 11.3 Å². The number of aryl methyl sites for hydroxylation is 1. The van der Waals surface area contributed by atoms with Gasteiger partial charge in [0.15, 0.2) is 0 Å². The average Bonchev–Trinajstić information content (AvgIpc) is 2.74. The molecule has 18 heavy (non-hydrogen) atoms. The van der Waals surface area contributed by atoms with E-state index in [0.717, 1.165) is 6.42 Å². The van der Waals surface area contributed by atoms with Gasteiger partial charge in [-0.3, -0.25) is 0 Å². The summed E-state index contributed by atoms with van der Waals surface area (Å²) >= 11 is 1.84. The highest BCUT2D eigenvalue weighted by atomic mass is 32.1. The Bertz CT molecular complexity index is 516.